The maximum atomic E-state index is 14.3. The van der Waals surface area contributed by atoms with Gasteiger partial charge in [0, 0.05) is 22.8 Å². The highest BCUT2D eigenvalue weighted by atomic mass is 32.1. The maximum Gasteiger partial charge on any atom is 0.266 e. The number of rotatable bonds is 7. The number of carbonyl (C=O) groups excluding carboxylic acids is 1. The zero-order valence-electron chi connectivity index (χ0n) is 15.6. The lowest BCUT2D eigenvalue weighted by atomic mass is 10.1. The molecule has 3 aromatic rings. The van der Waals surface area contributed by atoms with Crippen molar-refractivity contribution in [1.29, 1.82) is 0 Å². The number of anilines is 1. The summed E-state index contributed by atoms with van der Waals surface area (Å²) in [6.45, 7) is 4.72. The lowest BCUT2D eigenvalue weighted by molar-refractivity contribution is 0.102. The van der Waals surface area contributed by atoms with E-state index < -0.39 is 0 Å². The minimum Gasteiger partial charge on any atom is -0.491 e. The average molecular weight is 387 g/mol. The van der Waals surface area contributed by atoms with E-state index in [2.05, 4.69) is 5.32 Å². The van der Waals surface area contributed by atoms with Gasteiger partial charge in [-0.3, -0.25) is 4.79 Å². The molecule has 0 aliphatic rings. The fraction of sp³-hybridized carbons (Fsp3) is 0.286. The van der Waals surface area contributed by atoms with E-state index in [1.54, 1.807) is 12.1 Å². The first-order chi connectivity index (χ1) is 13.0. The maximum absolute atomic E-state index is 14.3. The fourth-order valence-electron chi connectivity index (χ4n) is 2.88. The Morgan fingerprint density at radius 3 is 2.81 bits per heavy atom. The molecule has 0 saturated heterocycles. The molecule has 1 heterocycles. The predicted molar refractivity (Wildman–Crippen MR) is 107 cm³/mol. The number of carbonyl (C=O) groups is 1. The van der Waals surface area contributed by atoms with Crippen molar-refractivity contribution < 1.29 is 18.7 Å². The van der Waals surface area contributed by atoms with E-state index in [-0.39, 0.29) is 18.3 Å². The molecule has 6 heteroatoms. The van der Waals surface area contributed by atoms with Crippen molar-refractivity contribution in [2.45, 2.75) is 26.9 Å². The van der Waals surface area contributed by atoms with Crippen molar-refractivity contribution in [2.75, 3.05) is 19.0 Å². The van der Waals surface area contributed by atoms with Crippen LogP contribution in [0.25, 0.3) is 10.1 Å². The van der Waals surface area contributed by atoms with Crippen LogP contribution in [0.4, 0.5) is 10.1 Å². The number of thiophene rings is 1. The summed E-state index contributed by atoms with van der Waals surface area (Å²) in [5, 5.41) is 3.36. The molecule has 27 heavy (non-hydrogen) atoms. The monoisotopic (exact) mass is 387 g/mol. The molecule has 3 rings (SSSR count). The van der Waals surface area contributed by atoms with Gasteiger partial charge in [0.2, 0.25) is 0 Å². The summed E-state index contributed by atoms with van der Waals surface area (Å²) in [5.41, 5.74) is 2.21. The van der Waals surface area contributed by atoms with E-state index in [1.807, 2.05) is 32.0 Å². The highest BCUT2D eigenvalue weighted by Gasteiger charge is 2.21. The van der Waals surface area contributed by atoms with E-state index in [0.717, 1.165) is 16.7 Å². The molecule has 0 radical (unpaired) electrons. The van der Waals surface area contributed by atoms with Crippen LogP contribution in [0.3, 0.4) is 0 Å². The largest absolute Gasteiger partial charge is 0.491 e. The molecule has 0 spiro atoms. The lowest BCUT2D eigenvalue weighted by Crippen LogP contribution is -2.14. The molecule has 0 saturated carbocycles. The number of methoxy groups -OCH3 is 1. The van der Waals surface area contributed by atoms with Crippen LogP contribution in [0, 0.1) is 12.7 Å². The SMILES string of the molecule is CCCOc1cc(C)ccc1NC(=O)c1sc2cccc(F)c2c1COC. The molecule has 142 valence electrons. The molecule has 2 aromatic carbocycles. The number of ether oxygens (including phenoxy) is 2. The number of nitrogens with one attached hydrogen (secondary N) is 1. The van der Waals surface area contributed by atoms with Gasteiger partial charge in [0.25, 0.3) is 5.91 Å². The molecular weight excluding hydrogens is 365 g/mol. The standard InChI is InChI=1S/C21H22FNO3S/c1-4-10-26-17-11-13(2)8-9-16(17)23-21(24)20-14(12-25-3)19-15(22)6-5-7-18(19)27-20/h5-9,11H,4,10,12H2,1-3H3,(H,23,24). The van der Waals surface area contributed by atoms with Crippen LogP contribution in [0.15, 0.2) is 36.4 Å². The summed E-state index contributed by atoms with van der Waals surface area (Å²) >= 11 is 1.26. The number of hydrogen-bond donors (Lipinski definition) is 1. The Morgan fingerprint density at radius 1 is 1.26 bits per heavy atom. The molecule has 0 fully saturated rings. The Kier molecular flexibility index (Phi) is 6.08. The van der Waals surface area contributed by atoms with E-state index >= 15 is 0 Å². The second-order valence-electron chi connectivity index (χ2n) is 6.26. The van der Waals surface area contributed by atoms with Crippen LogP contribution in [0.5, 0.6) is 5.75 Å². The highest BCUT2D eigenvalue weighted by molar-refractivity contribution is 7.21. The van der Waals surface area contributed by atoms with E-state index in [0.29, 0.717) is 33.9 Å². The second-order valence-corrected chi connectivity index (χ2v) is 7.31. The van der Waals surface area contributed by atoms with Gasteiger partial charge in [0.05, 0.1) is 23.8 Å². The molecule has 0 aliphatic heterocycles. The summed E-state index contributed by atoms with van der Waals surface area (Å²) in [7, 11) is 1.53. The van der Waals surface area contributed by atoms with Crippen LogP contribution in [-0.2, 0) is 11.3 Å². The topological polar surface area (TPSA) is 47.6 Å². The summed E-state index contributed by atoms with van der Waals surface area (Å²) in [5.74, 6) is -0.0178. The van der Waals surface area contributed by atoms with Gasteiger partial charge >= 0.3 is 0 Å². The Hall–Kier alpha value is -2.44. The van der Waals surface area contributed by atoms with Crippen LogP contribution < -0.4 is 10.1 Å². The first-order valence-corrected chi connectivity index (χ1v) is 9.60. The molecule has 4 nitrogen and oxygen atoms in total. The van der Waals surface area contributed by atoms with Crippen molar-refractivity contribution in [1.82, 2.24) is 0 Å². The van der Waals surface area contributed by atoms with Gasteiger partial charge in [-0.15, -0.1) is 11.3 Å². The van der Waals surface area contributed by atoms with Crippen molar-refractivity contribution in [3.63, 3.8) is 0 Å². The van der Waals surface area contributed by atoms with Crippen LogP contribution in [-0.4, -0.2) is 19.6 Å². The Balaban J connectivity index is 1.97. The van der Waals surface area contributed by atoms with Crippen LogP contribution in [0.1, 0.15) is 34.1 Å². The number of halogens is 1. The van der Waals surface area contributed by atoms with Gasteiger partial charge in [-0.05, 0) is 43.2 Å². The smallest absolute Gasteiger partial charge is 0.266 e. The van der Waals surface area contributed by atoms with Crippen molar-refractivity contribution in [2.24, 2.45) is 0 Å². The van der Waals surface area contributed by atoms with E-state index in [9.17, 15) is 9.18 Å². The molecule has 0 bridgehead atoms. The minimum atomic E-state index is -0.350. The quantitative estimate of drug-likeness (QED) is 0.579. The third-order valence-electron chi connectivity index (χ3n) is 4.11. The van der Waals surface area contributed by atoms with Gasteiger partial charge in [0.15, 0.2) is 0 Å². The Labute approximate surface area is 161 Å². The molecule has 1 amide bonds. The minimum absolute atomic E-state index is 0.163. The normalized spacial score (nSPS) is 11.0. The molecule has 1 N–H and O–H groups in total. The Bertz CT molecular complexity index is 967. The molecule has 1 aromatic heterocycles. The second kappa shape index (κ2) is 8.50. The average Bonchev–Trinajstić information content (AvgIpc) is 3.02. The first kappa shape index (κ1) is 19.3. The predicted octanol–water partition coefficient (Wildman–Crippen LogP) is 5.54. The number of aryl methyl sites for hydroxylation is 1. The van der Waals surface area contributed by atoms with Gasteiger partial charge in [-0.1, -0.05) is 19.1 Å². The number of benzene rings is 2. The van der Waals surface area contributed by atoms with E-state index in [1.165, 1.54) is 24.5 Å². The zero-order valence-corrected chi connectivity index (χ0v) is 16.4. The Morgan fingerprint density at radius 2 is 2.07 bits per heavy atom. The van der Waals surface area contributed by atoms with Crippen LogP contribution >= 0.6 is 11.3 Å². The molecular formula is C21H22FNO3S. The van der Waals surface area contributed by atoms with Gasteiger partial charge < -0.3 is 14.8 Å². The molecule has 0 unspecified atom stereocenters. The number of hydrogen-bond acceptors (Lipinski definition) is 4. The summed E-state index contributed by atoms with van der Waals surface area (Å²) in [6.07, 6.45) is 0.870. The fourth-order valence-corrected chi connectivity index (χ4v) is 3.99. The molecule has 0 aliphatic carbocycles. The first-order valence-electron chi connectivity index (χ1n) is 8.78. The van der Waals surface area contributed by atoms with Gasteiger partial charge in [-0.25, -0.2) is 4.39 Å². The van der Waals surface area contributed by atoms with Crippen LogP contribution in [0.2, 0.25) is 0 Å². The van der Waals surface area contributed by atoms with E-state index in [4.69, 9.17) is 9.47 Å². The van der Waals surface area contributed by atoms with Gasteiger partial charge in [0.1, 0.15) is 11.6 Å². The summed E-state index contributed by atoms with van der Waals surface area (Å²) in [4.78, 5) is 13.4. The molecule has 0 atom stereocenters. The number of fused-ring (bicyclic) bond motifs is 1. The zero-order chi connectivity index (χ0) is 19.4. The highest BCUT2D eigenvalue weighted by Crippen LogP contribution is 2.35. The van der Waals surface area contributed by atoms with Crippen molar-refractivity contribution in [3.05, 3.63) is 58.2 Å². The van der Waals surface area contributed by atoms with Crippen molar-refractivity contribution >= 4 is 33.0 Å². The van der Waals surface area contributed by atoms with Crippen molar-refractivity contribution in [3.8, 4) is 5.75 Å². The summed E-state index contributed by atoms with van der Waals surface area (Å²) < 4.78 is 26.0. The number of amides is 1. The lowest BCUT2D eigenvalue weighted by Gasteiger charge is -2.13. The summed E-state index contributed by atoms with van der Waals surface area (Å²) in [6, 6.07) is 10.5. The van der Waals surface area contributed by atoms with Gasteiger partial charge in [-0.2, -0.15) is 0 Å². The third kappa shape index (κ3) is 4.12. The third-order valence-corrected chi connectivity index (χ3v) is 5.30.